The van der Waals surface area contributed by atoms with Crippen LogP contribution in [-0.2, 0) is 0 Å². The first-order valence-electron chi connectivity index (χ1n) is 6.21. The third kappa shape index (κ3) is 3.13. The number of hydrogen-bond acceptors (Lipinski definition) is 2. The summed E-state index contributed by atoms with van der Waals surface area (Å²) in [7, 11) is 0. The van der Waals surface area contributed by atoms with Crippen LogP contribution in [0.3, 0.4) is 0 Å². The number of aryl methyl sites for hydroxylation is 3. The van der Waals surface area contributed by atoms with Gasteiger partial charge in [0, 0.05) is 16.9 Å². The molecule has 0 radical (unpaired) electrons. The molecule has 0 unspecified atom stereocenters. The molecule has 1 amide bonds. The summed E-state index contributed by atoms with van der Waals surface area (Å²) < 4.78 is 0. The highest BCUT2D eigenvalue weighted by Crippen LogP contribution is 2.17. The summed E-state index contributed by atoms with van der Waals surface area (Å²) >= 11 is 0. The molecular formula is C16H18N2O. The van der Waals surface area contributed by atoms with Crippen LogP contribution in [0, 0.1) is 20.8 Å². The van der Waals surface area contributed by atoms with Gasteiger partial charge in [0.05, 0.1) is 0 Å². The number of carbonyl (C=O) groups is 1. The molecule has 0 bridgehead atoms. The lowest BCUT2D eigenvalue weighted by Crippen LogP contribution is -2.12. The molecule has 2 aromatic rings. The molecule has 2 rings (SSSR count). The average Bonchev–Trinajstić information content (AvgIpc) is 2.31. The first-order chi connectivity index (χ1) is 8.95. The highest BCUT2D eigenvalue weighted by atomic mass is 16.1. The quantitative estimate of drug-likeness (QED) is 0.806. The Morgan fingerprint density at radius 2 is 1.63 bits per heavy atom. The Morgan fingerprint density at radius 1 is 1.00 bits per heavy atom. The molecule has 0 heterocycles. The summed E-state index contributed by atoms with van der Waals surface area (Å²) in [6.45, 7) is 5.93. The van der Waals surface area contributed by atoms with Crippen LogP contribution in [-0.4, -0.2) is 5.91 Å². The van der Waals surface area contributed by atoms with Gasteiger partial charge in [-0.05, 0) is 61.7 Å². The van der Waals surface area contributed by atoms with E-state index >= 15 is 0 Å². The fourth-order valence-electron chi connectivity index (χ4n) is 2.03. The predicted octanol–water partition coefficient (Wildman–Crippen LogP) is 3.45. The van der Waals surface area contributed by atoms with Crippen molar-refractivity contribution in [3.8, 4) is 0 Å². The first kappa shape index (κ1) is 13.1. The molecule has 0 saturated heterocycles. The Labute approximate surface area is 113 Å². The van der Waals surface area contributed by atoms with E-state index in [1.165, 1.54) is 0 Å². The van der Waals surface area contributed by atoms with E-state index in [2.05, 4.69) is 11.4 Å². The van der Waals surface area contributed by atoms with Gasteiger partial charge < -0.3 is 11.1 Å². The van der Waals surface area contributed by atoms with Crippen LogP contribution in [0.5, 0.6) is 0 Å². The standard InChI is InChI=1S/C16H18N2O/c1-10-6-11(2)8-14(7-10)18-16(19)13-5-4-12(3)15(17)9-13/h4-9H,17H2,1-3H3,(H,18,19). The minimum absolute atomic E-state index is 0.142. The highest BCUT2D eigenvalue weighted by Gasteiger charge is 2.07. The lowest BCUT2D eigenvalue weighted by Gasteiger charge is -2.09. The topological polar surface area (TPSA) is 55.1 Å². The normalized spacial score (nSPS) is 10.3. The summed E-state index contributed by atoms with van der Waals surface area (Å²) in [4.78, 5) is 12.1. The number of carbonyl (C=O) groups excluding carboxylic acids is 1. The second kappa shape index (κ2) is 5.14. The first-order valence-corrected chi connectivity index (χ1v) is 6.21. The van der Waals surface area contributed by atoms with Crippen molar-refractivity contribution in [3.05, 3.63) is 58.7 Å². The van der Waals surface area contributed by atoms with Crippen molar-refractivity contribution >= 4 is 17.3 Å². The molecule has 3 nitrogen and oxygen atoms in total. The molecule has 3 heteroatoms. The zero-order valence-electron chi connectivity index (χ0n) is 11.4. The predicted molar refractivity (Wildman–Crippen MR) is 79.5 cm³/mol. The van der Waals surface area contributed by atoms with Gasteiger partial charge in [0.2, 0.25) is 0 Å². The molecule has 0 aliphatic heterocycles. The Morgan fingerprint density at radius 3 is 2.21 bits per heavy atom. The molecule has 98 valence electrons. The minimum Gasteiger partial charge on any atom is -0.398 e. The highest BCUT2D eigenvalue weighted by molar-refractivity contribution is 6.04. The molecule has 0 aliphatic carbocycles. The van der Waals surface area contributed by atoms with Gasteiger partial charge >= 0.3 is 0 Å². The molecule has 0 aromatic heterocycles. The SMILES string of the molecule is Cc1cc(C)cc(NC(=O)c2ccc(C)c(N)c2)c1. The fraction of sp³-hybridized carbons (Fsp3) is 0.188. The zero-order valence-corrected chi connectivity index (χ0v) is 11.4. The van der Waals surface area contributed by atoms with Crippen LogP contribution in [0.2, 0.25) is 0 Å². The number of nitrogens with two attached hydrogens (primary N) is 1. The summed E-state index contributed by atoms with van der Waals surface area (Å²) in [5, 5.41) is 2.89. The van der Waals surface area contributed by atoms with E-state index < -0.39 is 0 Å². The van der Waals surface area contributed by atoms with Crippen molar-refractivity contribution in [2.75, 3.05) is 11.1 Å². The number of hydrogen-bond donors (Lipinski definition) is 2. The van der Waals surface area contributed by atoms with Crippen molar-refractivity contribution in [1.82, 2.24) is 0 Å². The average molecular weight is 254 g/mol. The second-order valence-corrected chi connectivity index (χ2v) is 4.90. The van der Waals surface area contributed by atoms with Crippen molar-refractivity contribution in [1.29, 1.82) is 0 Å². The maximum atomic E-state index is 12.1. The summed E-state index contributed by atoms with van der Waals surface area (Å²) in [6.07, 6.45) is 0. The van der Waals surface area contributed by atoms with Crippen molar-refractivity contribution < 1.29 is 4.79 Å². The number of amides is 1. The third-order valence-corrected chi connectivity index (χ3v) is 3.02. The van der Waals surface area contributed by atoms with Gasteiger partial charge in [-0.15, -0.1) is 0 Å². The summed E-state index contributed by atoms with van der Waals surface area (Å²) in [6, 6.07) is 11.3. The van der Waals surface area contributed by atoms with Crippen LogP contribution in [0.15, 0.2) is 36.4 Å². The fourth-order valence-corrected chi connectivity index (χ4v) is 2.03. The molecular weight excluding hydrogens is 236 g/mol. The van der Waals surface area contributed by atoms with Crippen LogP contribution in [0.4, 0.5) is 11.4 Å². The smallest absolute Gasteiger partial charge is 0.255 e. The summed E-state index contributed by atoms with van der Waals surface area (Å²) in [5.41, 5.74) is 11.1. The van der Waals surface area contributed by atoms with E-state index in [0.29, 0.717) is 11.3 Å². The Bertz CT molecular complexity index is 612. The Balaban J connectivity index is 2.22. The van der Waals surface area contributed by atoms with E-state index in [9.17, 15) is 4.79 Å². The number of nitrogens with one attached hydrogen (secondary N) is 1. The molecule has 0 spiro atoms. The molecule has 2 aromatic carbocycles. The summed E-state index contributed by atoms with van der Waals surface area (Å²) in [5.74, 6) is -0.142. The van der Waals surface area contributed by atoms with Gasteiger partial charge in [0.25, 0.3) is 5.91 Å². The minimum atomic E-state index is -0.142. The van der Waals surface area contributed by atoms with Gasteiger partial charge in [0.15, 0.2) is 0 Å². The second-order valence-electron chi connectivity index (χ2n) is 4.90. The Kier molecular flexibility index (Phi) is 3.56. The number of rotatable bonds is 2. The van der Waals surface area contributed by atoms with Gasteiger partial charge in [-0.25, -0.2) is 0 Å². The van der Waals surface area contributed by atoms with E-state index in [4.69, 9.17) is 5.73 Å². The maximum absolute atomic E-state index is 12.1. The molecule has 19 heavy (non-hydrogen) atoms. The van der Waals surface area contributed by atoms with Crippen LogP contribution < -0.4 is 11.1 Å². The number of benzene rings is 2. The number of anilines is 2. The molecule has 0 saturated carbocycles. The van der Waals surface area contributed by atoms with Gasteiger partial charge in [-0.3, -0.25) is 4.79 Å². The lowest BCUT2D eigenvalue weighted by molar-refractivity contribution is 0.102. The third-order valence-electron chi connectivity index (χ3n) is 3.02. The van der Waals surface area contributed by atoms with Crippen LogP contribution >= 0.6 is 0 Å². The zero-order chi connectivity index (χ0) is 14.0. The van der Waals surface area contributed by atoms with Crippen LogP contribution in [0.25, 0.3) is 0 Å². The molecule has 3 N–H and O–H groups in total. The molecule has 0 atom stereocenters. The van der Waals surface area contributed by atoms with Crippen molar-refractivity contribution in [3.63, 3.8) is 0 Å². The van der Waals surface area contributed by atoms with Crippen molar-refractivity contribution in [2.24, 2.45) is 0 Å². The Hall–Kier alpha value is -2.29. The maximum Gasteiger partial charge on any atom is 0.255 e. The molecule has 0 fully saturated rings. The van der Waals surface area contributed by atoms with E-state index in [1.807, 2.05) is 39.0 Å². The van der Waals surface area contributed by atoms with E-state index in [1.54, 1.807) is 12.1 Å². The van der Waals surface area contributed by atoms with E-state index in [-0.39, 0.29) is 5.91 Å². The van der Waals surface area contributed by atoms with Crippen molar-refractivity contribution in [2.45, 2.75) is 20.8 Å². The van der Waals surface area contributed by atoms with Crippen LogP contribution in [0.1, 0.15) is 27.0 Å². The molecule has 0 aliphatic rings. The van der Waals surface area contributed by atoms with Gasteiger partial charge in [-0.1, -0.05) is 12.1 Å². The van der Waals surface area contributed by atoms with E-state index in [0.717, 1.165) is 22.4 Å². The van der Waals surface area contributed by atoms with Gasteiger partial charge in [0.1, 0.15) is 0 Å². The number of nitrogen functional groups attached to an aromatic ring is 1. The lowest BCUT2D eigenvalue weighted by atomic mass is 10.1. The largest absolute Gasteiger partial charge is 0.398 e. The van der Waals surface area contributed by atoms with Gasteiger partial charge in [-0.2, -0.15) is 0 Å². The monoisotopic (exact) mass is 254 g/mol.